The molecule has 2 unspecified atom stereocenters. The molecule has 1 saturated carbocycles. The van der Waals surface area contributed by atoms with E-state index in [4.69, 9.17) is 4.74 Å². The van der Waals surface area contributed by atoms with Gasteiger partial charge in [0.15, 0.2) is 0 Å². The molecule has 2 rings (SSSR count). The first kappa shape index (κ1) is 14.3. The van der Waals surface area contributed by atoms with Gasteiger partial charge in [-0.25, -0.2) is 0 Å². The summed E-state index contributed by atoms with van der Waals surface area (Å²) in [5.74, 6) is 0. The molecule has 0 amide bonds. The van der Waals surface area contributed by atoms with Gasteiger partial charge in [-0.2, -0.15) is 0 Å². The van der Waals surface area contributed by atoms with E-state index >= 15 is 0 Å². The van der Waals surface area contributed by atoms with Crippen molar-refractivity contribution in [3.05, 3.63) is 0 Å². The second-order valence-corrected chi connectivity index (χ2v) is 7.45. The van der Waals surface area contributed by atoms with Gasteiger partial charge in [-0.1, -0.05) is 33.6 Å². The van der Waals surface area contributed by atoms with Crippen LogP contribution in [0.1, 0.15) is 72.1 Å². The van der Waals surface area contributed by atoms with E-state index in [2.05, 4.69) is 33.1 Å². The van der Waals surface area contributed by atoms with Gasteiger partial charge >= 0.3 is 0 Å². The van der Waals surface area contributed by atoms with Gasteiger partial charge in [0.25, 0.3) is 0 Å². The van der Waals surface area contributed by atoms with Crippen LogP contribution in [0, 0.1) is 5.41 Å². The van der Waals surface area contributed by atoms with Crippen LogP contribution >= 0.6 is 0 Å². The van der Waals surface area contributed by atoms with Crippen LogP contribution in [0.4, 0.5) is 0 Å². The van der Waals surface area contributed by atoms with Crippen molar-refractivity contribution in [1.29, 1.82) is 0 Å². The lowest BCUT2D eigenvalue weighted by Gasteiger charge is -2.31. The molecular formula is C16H31NO. The van der Waals surface area contributed by atoms with Gasteiger partial charge in [0.2, 0.25) is 0 Å². The van der Waals surface area contributed by atoms with Gasteiger partial charge in [0.1, 0.15) is 0 Å². The maximum absolute atomic E-state index is 6.39. The highest BCUT2D eigenvalue weighted by Gasteiger charge is 2.42. The van der Waals surface area contributed by atoms with Crippen LogP contribution in [0.5, 0.6) is 0 Å². The Bertz CT molecular complexity index is 263. The first-order valence-corrected chi connectivity index (χ1v) is 7.80. The quantitative estimate of drug-likeness (QED) is 0.820. The Hall–Kier alpha value is -0.0800. The molecule has 106 valence electrons. The number of rotatable bonds is 4. The number of hydrogen-bond donors (Lipinski definition) is 1. The summed E-state index contributed by atoms with van der Waals surface area (Å²) in [4.78, 5) is 0. The minimum absolute atomic E-state index is 0.307. The minimum Gasteiger partial charge on any atom is -0.372 e. The van der Waals surface area contributed by atoms with Crippen LogP contribution in [0.15, 0.2) is 0 Å². The lowest BCUT2D eigenvalue weighted by atomic mass is 9.83. The van der Waals surface area contributed by atoms with E-state index in [0.29, 0.717) is 23.2 Å². The smallest absolute Gasteiger partial charge is 0.0687 e. The van der Waals surface area contributed by atoms with E-state index in [0.717, 1.165) is 0 Å². The molecule has 2 nitrogen and oxygen atoms in total. The maximum Gasteiger partial charge on any atom is 0.0687 e. The average Bonchev–Trinajstić information content (AvgIpc) is 2.89. The highest BCUT2D eigenvalue weighted by atomic mass is 16.5. The molecule has 2 heteroatoms. The van der Waals surface area contributed by atoms with Gasteiger partial charge < -0.3 is 10.1 Å². The zero-order valence-corrected chi connectivity index (χ0v) is 12.7. The molecule has 1 aliphatic heterocycles. The van der Waals surface area contributed by atoms with Crippen LogP contribution in [0.25, 0.3) is 0 Å². The summed E-state index contributed by atoms with van der Waals surface area (Å²) in [6, 6.07) is 0.598. The monoisotopic (exact) mass is 253 g/mol. The molecule has 2 fully saturated rings. The third-order valence-electron chi connectivity index (χ3n) is 5.02. The zero-order valence-electron chi connectivity index (χ0n) is 12.7. The number of nitrogens with one attached hydrogen (secondary N) is 1. The summed E-state index contributed by atoms with van der Waals surface area (Å²) >= 11 is 0. The molecule has 1 spiro atoms. The maximum atomic E-state index is 6.39. The molecule has 18 heavy (non-hydrogen) atoms. The van der Waals surface area contributed by atoms with Crippen LogP contribution in [0.2, 0.25) is 0 Å². The van der Waals surface area contributed by atoms with Crippen molar-refractivity contribution in [3.8, 4) is 0 Å². The largest absolute Gasteiger partial charge is 0.372 e. The van der Waals surface area contributed by atoms with Crippen LogP contribution in [-0.4, -0.2) is 24.8 Å². The second kappa shape index (κ2) is 5.50. The lowest BCUT2D eigenvalue weighted by Crippen LogP contribution is -2.38. The van der Waals surface area contributed by atoms with Crippen molar-refractivity contribution in [2.24, 2.45) is 5.41 Å². The van der Waals surface area contributed by atoms with E-state index in [1.54, 1.807) is 0 Å². The van der Waals surface area contributed by atoms with Crippen molar-refractivity contribution >= 4 is 0 Å². The minimum atomic E-state index is 0.307. The topological polar surface area (TPSA) is 21.3 Å². The lowest BCUT2D eigenvalue weighted by molar-refractivity contribution is -0.0410. The molecule has 0 bridgehead atoms. The average molecular weight is 253 g/mol. The van der Waals surface area contributed by atoms with E-state index in [9.17, 15) is 0 Å². The molecule has 1 heterocycles. The van der Waals surface area contributed by atoms with Crippen molar-refractivity contribution in [3.63, 3.8) is 0 Å². The molecule has 1 saturated heterocycles. The van der Waals surface area contributed by atoms with Gasteiger partial charge in [0, 0.05) is 6.04 Å². The molecular weight excluding hydrogens is 222 g/mol. The fourth-order valence-corrected chi connectivity index (χ4v) is 3.85. The van der Waals surface area contributed by atoms with Crippen LogP contribution in [-0.2, 0) is 4.74 Å². The standard InChI is InChI=1S/C16H31NO/c1-15(2,3)14(17-4)8-7-13-9-12-16(18-13)10-5-6-11-16/h13-14,17H,5-12H2,1-4H3. The van der Waals surface area contributed by atoms with E-state index < -0.39 is 0 Å². The zero-order chi connectivity index (χ0) is 13.2. The van der Waals surface area contributed by atoms with Crippen LogP contribution in [0.3, 0.4) is 0 Å². The molecule has 0 radical (unpaired) electrons. The summed E-state index contributed by atoms with van der Waals surface area (Å²) in [5.41, 5.74) is 0.653. The molecule has 2 atom stereocenters. The Morgan fingerprint density at radius 2 is 1.89 bits per heavy atom. The summed E-state index contributed by atoms with van der Waals surface area (Å²) in [7, 11) is 2.09. The molecule has 1 N–H and O–H groups in total. The Morgan fingerprint density at radius 3 is 2.44 bits per heavy atom. The van der Waals surface area contributed by atoms with Crippen molar-refractivity contribution in [1.82, 2.24) is 5.32 Å². The van der Waals surface area contributed by atoms with E-state index in [1.165, 1.54) is 51.4 Å². The third-order valence-corrected chi connectivity index (χ3v) is 5.02. The van der Waals surface area contributed by atoms with Crippen molar-refractivity contribution in [2.75, 3.05) is 7.05 Å². The molecule has 0 aromatic rings. The van der Waals surface area contributed by atoms with Gasteiger partial charge in [-0.15, -0.1) is 0 Å². The highest BCUT2D eigenvalue weighted by Crippen LogP contribution is 2.44. The van der Waals surface area contributed by atoms with Gasteiger partial charge in [-0.3, -0.25) is 0 Å². The first-order chi connectivity index (χ1) is 8.45. The SMILES string of the molecule is CNC(CCC1CCC2(CCCC2)O1)C(C)(C)C. The Labute approximate surface area is 113 Å². The summed E-state index contributed by atoms with van der Waals surface area (Å²) in [6.45, 7) is 6.96. The first-order valence-electron chi connectivity index (χ1n) is 7.80. The van der Waals surface area contributed by atoms with Gasteiger partial charge in [-0.05, 0) is 51.0 Å². The Balaban J connectivity index is 1.78. The molecule has 0 aromatic heterocycles. The van der Waals surface area contributed by atoms with Crippen molar-refractivity contribution < 1.29 is 4.74 Å². The second-order valence-electron chi connectivity index (χ2n) is 7.45. The Morgan fingerprint density at radius 1 is 1.22 bits per heavy atom. The summed E-state index contributed by atoms with van der Waals surface area (Å²) in [6.07, 6.45) is 11.0. The predicted octanol–water partition coefficient (Wildman–Crippen LogP) is 3.89. The summed E-state index contributed by atoms with van der Waals surface area (Å²) < 4.78 is 6.39. The third kappa shape index (κ3) is 3.27. The summed E-state index contributed by atoms with van der Waals surface area (Å²) in [5, 5.41) is 3.47. The Kier molecular flexibility index (Phi) is 4.38. The highest BCUT2D eigenvalue weighted by molar-refractivity contribution is 4.93. The molecule has 1 aliphatic carbocycles. The molecule has 0 aromatic carbocycles. The van der Waals surface area contributed by atoms with Gasteiger partial charge in [0.05, 0.1) is 11.7 Å². The fourth-order valence-electron chi connectivity index (χ4n) is 3.85. The fraction of sp³-hybridized carbons (Fsp3) is 1.00. The normalized spacial score (nSPS) is 29.0. The van der Waals surface area contributed by atoms with E-state index in [1.807, 2.05) is 0 Å². The number of hydrogen-bond acceptors (Lipinski definition) is 2. The van der Waals surface area contributed by atoms with Crippen LogP contribution < -0.4 is 5.32 Å². The molecule has 2 aliphatic rings. The number of ether oxygens (including phenoxy) is 1. The van der Waals surface area contributed by atoms with Crippen molar-refractivity contribution in [2.45, 2.75) is 89.9 Å². The predicted molar refractivity (Wildman–Crippen MR) is 76.8 cm³/mol. The van der Waals surface area contributed by atoms with E-state index in [-0.39, 0.29) is 0 Å².